The number of nitrogens with one attached hydrogen (secondary N) is 1. The minimum atomic E-state index is 0.400. The summed E-state index contributed by atoms with van der Waals surface area (Å²) in [5, 5.41) is 7.99. The molecule has 0 unspecified atom stereocenters. The maximum Gasteiger partial charge on any atom is 0.0537 e. The van der Waals surface area contributed by atoms with E-state index in [2.05, 4.69) is 22.1 Å². The maximum absolute atomic E-state index is 4.42. The lowest BCUT2D eigenvalue weighted by molar-refractivity contribution is 0.250. The summed E-state index contributed by atoms with van der Waals surface area (Å²) in [4.78, 5) is 0. The molecule has 0 saturated heterocycles. The fourth-order valence-electron chi connectivity index (χ4n) is 3.46. The molecule has 15 heavy (non-hydrogen) atoms. The Balaban J connectivity index is 2.06. The zero-order valence-electron chi connectivity index (χ0n) is 9.42. The molecular formula is C12H19N3. The smallest absolute Gasteiger partial charge is 0.0537 e. The summed E-state index contributed by atoms with van der Waals surface area (Å²) in [5.74, 6) is 0. The summed E-state index contributed by atoms with van der Waals surface area (Å²) in [6.45, 7) is 2.16. The van der Waals surface area contributed by atoms with Crippen molar-refractivity contribution < 1.29 is 0 Å². The molecule has 1 aliphatic heterocycles. The second kappa shape index (κ2) is 3.34. The molecule has 0 amide bonds. The highest BCUT2D eigenvalue weighted by Crippen LogP contribution is 2.41. The Morgan fingerprint density at radius 3 is 2.93 bits per heavy atom. The highest BCUT2D eigenvalue weighted by Gasteiger charge is 2.39. The van der Waals surface area contributed by atoms with Gasteiger partial charge in [0.15, 0.2) is 0 Å². The molecule has 3 nitrogen and oxygen atoms in total. The van der Waals surface area contributed by atoms with Crippen LogP contribution in [0.2, 0.25) is 0 Å². The van der Waals surface area contributed by atoms with E-state index >= 15 is 0 Å². The fraction of sp³-hybridized carbons (Fsp3) is 0.750. The summed E-state index contributed by atoms with van der Waals surface area (Å²) < 4.78 is 2.11. The highest BCUT2D eigenvalue weighted by atomic mass is 15.3. The van der Waals surface area contributed by atoms with Crippen molar-refractivity contribution in [2.75, 3.05) is 6.54 Å². The van der Waals surface area contributed by atoms with Crippen molar-refractivity contribution in [3.63, 3.8) is 0 Å². The van der Waals surface area contributed by atoms with Crippen LogP contribution in [0.1, 0.15) is 43.4 Å². The Morgan fingerprint density at radius 1 is 1.33 bits per heavy atom. The van der Waals surface area contributed by atoms with E-state index in [-0.39, 0.29) is 0 Å². The van der Waals surface area contributed by atoms with Crippen molar-refractivity contribution in [2.24, 2.45) is 7.05 Å². The zero-order chi connectivity index (χ0) is 10.3. The first kappa shape index (κ1) is 9.40. The molecule has 1 aliphatic carbocycles. The summed E-state index contributed by atoms with van der Waals surface area (Å²) in [6.07, 6.45) is 8.89. The number of nitrogens with zero attached hydrogens (tertiary/aromatic N) is 2. The number of hydrogen-bond donors (Lipinski definition) is 1. The maximum atomic E-state index is 4.42. The van der Waals surface area contributed by atoms with Crippen LogP contribution in [0.15, 0.2) is 6.20 Å². The van der Waals surface area contributed by atoms with Crippen LogP contribution in [-0.2, 0) is 19.0 Å². The molecule has 2 aliphatic rings. The number of aryl methyl sites for hydroxylation is 1. The molecule has 2 heterocycles. The minimum absolute atomic E-state index is 0.400. The van der Waals surface area contributed by atoms with Gasteiger partial charge in [-0.1, -0.05) is 19.3 Å². The van der Waals surface area contributed by atoms with E-state index in [1.54, 1.807) is 0 Å². The Kier molecular flexibility index (Phi) is 2.09. The van der Waals surface area contributed by atoms with Crippen LogP contribution in [-0.4, -0.2) is 16.3 Å². The molecule has 0 aromatic carbocycles. The van der Waals surface area contributed by atoms with E-state index in [4.69, 9.17) is 0 Å². The first-order valence-corrected chi connectivity index (χ1v) is 6.04. The number of rotatable bonds is 0. The third-order valence-electron chi connectivity index (χ3n) is 4.11. The van der Waals surface area contributed by atoms with Gasteiger partial charge in [-0.25, -0.2) is 0 Å². The average Bonchev–Trinajstić information content (AvgIpc) is 2.63. The van der Waals surface area contributed by atoms with Crippen molar-refractivity contribution in [3.05, 3.63) is 17.5 Å². The normalized spacial score (nSPS) is 24.1. The third-order valence-corrected chi connectivity index (χ3v) is 4.11. The molecule has 0 atom stereocenters. The fourth-order valence-corrected chi connectivity index (χ4v) is 3.46. The number of fused-ring (bicyclic) bond motifs is 2. The van der Waals surface area contributed by atoms with Crippen LogP contribution >= 0.6 is 0 Å². The third kappa shape index (κ3) is 1.33. The van der Waals surface area contributed by atoms with Crippen LogP contribution in [0.3, 0.4) is 0 Å². The van der Waals surface area contributed by atoms with E-state index < -0.39 is 0 Å². The van der Waals surface area contributed by atoms with Crippen molar-refractivity contribution in [2.45, 2.75) is 44.1 Å². The molecule has 3 heteroatoms. The molecule has 1 N–H and O–H groups in total. The number of aromatic nitrogens is 2. The molecule has 1 saturated carbocycles. The van der Waals surface area contributed by atoms with Crippen LogP contribution in [0, 0.1) is 0 Å². The first-order valence-electron chi connectivity index (χ1n) is 6.04. The quantitative estimate of drug-likeness (QED) is 0.699. The van der Waals surface area contributed by atoms with E-state index in [0.29, 0.717) is 5.41 Å². The van der Waals surface area contributed by atoms with Crippen LogP contribution in [0.25, 0.3) is 0 Å². The summed E-state index contributed by atoms with van der Waals surface area (Å²) in [7, 11) is 2.10. The van der Waals surface area contributed by atoms with Crippen LogP contribution < -0.4 is 5.32 Å². The molecule has 1 aromatic rings. The second-order valence-corrected chi connectivity index (χ2v) is 5.09. The van der Waals surface area contributed by atoms with E-state index in [1.807, 2.05) is 6.20 Å². The Hall–Kier alpha value is -0.830. The van der Waals surface area contributed by atoms with Gasteiger partial charge in [-0.15, -0.1) is 0 Å². The minimum Gasteiger partial charge on any atom is -0.312 e. The molecular weight excluding hydrogens is 186 g/mol. The van der Waals surface area contributed by atoms with Gasteiger partial charge >= 0.3 is 0 Å². The molecule has 1 fully saturated rings. The van der Waals surface area contributed by atoms with Crippen molar-refractivity contribution in [1.82, 2.24) is 15.1 Å². The highest BCUT2D eigenvalue weighted by molar-refractivity contribution is 5.30. The Labute approximate surface area is 90.9 Å². The lowest BCUT2D eigenvalue weighted by atomic mass is 9.69. The van der Waals surface area contributed by atoms with Gasteiger partial charge in [-0.05, 0) is 12.8 Å². The number of hydrogen-bond acceptors (Lipinski definition) is 2. The summed E-state index contributed by atoms with van der Waals surface area (Å²) >= 11 is 0. The van der Waals surface area contributed by atoms with E-state index in [0.717, 1.165) is 13.1 Å². The van der Waals surface area contributed by atoms with Crippen molar-refractivity contribution in [1.29, 1.82) is 0 Å². The topological polar surface area (TPSA) is 29.9 Å². The van der Waals surface area contributed by atoms with Gasteiger partial charge in [-0.2, -0.15) is 5.10 Å². The van der Waals surface area contributed by atoms with Crippen molar-refractivity contribution in [3.8, 4) is 0 Å². The van der Waals surface area contributed by atoms with Gasteiger partial charge in [0.1, 0.15) is 0 Å². The zero-order valence-corrected chi connectivity index (χ0v) is 9.42. The lowest BCUT2D eigenvalue weighted by Gasteiger charge is -2.41. The molecule has 0 bridgehead atoms. The molecule has 1 aromatic heterocycles. The Bertz CT molecular complexity index is 361. The van der Waals surface area contributed by atoms with Gasteiger partial charge < -0.3 is 5.32 Å². The second-order valence-electron chi connectivity index (χ2n) is 5.09. The van der Waals surface area contributed by atoms with Gasteiger partial charge in [-0.3, -0.25) is 4.68 Å². The molecule has 3 rings (SSSR count). The monoisotopic (exact) mass is 205 g/mol. The van der Waals surface area contributed by atoms with Gasteiger partial charge in [0, 0.05) is 36.8 Å². The Morgan fingerprint density at radius 2 is 2.13 bits per heavy atom. The average molecular weight is 205 g/mol. The van der Waals surface area contributed by atoms with Gasteiger partial charge in [0.25, 0.3) is 0 Å². The van der Waals surface area contributed by atoms with Crippen molar-refractivity contribution >= 4 is 0 Å². The first-order chi connectivity index (χ1) is 7.32. The van der Waals surface area contributed by atoms with E-state index in [1.165, 1.54) is 43.4 Å². The standard InChI is InChI=1S/C12H19N3/c1-15-11-10(8-14-15)7-13-9-12(11)5-3-2-4-6-12/h8,13H,2-7,9H2,1H3. The summed E-state index contributed by atoms with van der Waals surface area (Å²) in [6, 6.07) is 0. The molecule has 82 valence electrons. The predicted molar refractivity (Wildman–Crippen MR) is 59.7 cm³/mol. The SMILES string of the molecule is Cn1ncc2c1C1(CCCCC1)CNC2. The van der Waals surface area contributed by atoms with Gasteiger partial charge in [0.05, 0.1) is 6.20 Å². The molecule has 0 radical (unpaired) electrons. The van der Waals surface area contributed by atoms with Crippen LogP contribution in [0.4, 0.5) is 0 Å². The lowest BCUT2D eigenvalue weighted by Crippen LogP contribution is -2.45. The predicted octanol–water partition coefficient (Wildman–Crippen LogP) is 1.73. The summed E-state index contributed by atoms with van der Waals surface area (Å²) in [5.41, 5.74) is 3.34. The molecule has 1 spiro atoms. The van der Waals surface area contributed by atoms with E-state index in [9.17, 15) is 0 Å². The van der Waals surface area contributed by atoms with Gasteiger partial charge in [0.2, 0.25) is 0 Å². The largest absolute Gasteiger partial charge is 0.312 e. The van der Waals surface area contributed by atoms with Crippen LogP contribution in [0.5, 0.6) is 0 Å².